The fraction of sp³-hybridized carbons (Fsp3) is 0.571. The van der Waals surface area contributed by atoms with Crippen LogP contribution in [-0.2, 0) is 14.2 Å². The first-order valence-electron chi connectivity index (χ1n) is 16.0. The van der Waals surface area contributed by atoms with Crippen molar-refractivity contribution < 1.29 is 23.7 Å². The lowest BCUT2D eigenvalue weighted by Crippen LogP contribution is -2.51. The van der Waals surface area contributed by atoms with Crippen molar-refractivity contribution in [2.24, 2.45) is 21.3 Å². The molecule has 0 bridgehead atoms. The lowest BCUT2D eigenvalue weighted by atomic mass is 9.77. The minimum absolute atomic E-state index is 0.0119. The third-order valence-electron chi connectivity index (χ3n) is 7.44. The number of halogens is 1. The number of aliphatic imine (C=N–C) groups is 2. The molecule has 0 radical (unpaired) electrons. The number of carbonyl (C=O) groups is 1. The molecule has 46 heavy (non-hydrogen) atoms. The number of piperidine rings is 1. The van der Waals surface area contributed by atoms with Gasteiger partial charge in [-0.05, 0) is 72.0 Å². The second kappa shape index (κ2) is 22.2. The van der Waals surface area contributed by atoms with E-state index in [1.54, 1.807) is 25.3 Å². The van der Waals surface area contributed by atoms with Crippen LogP contribution in [0, 0.1) is 11.3 Å². The van der Waals surface area contributed by atoms with Gasteiger partial charge < -0.3 is 34.5 Å². The lowest BCUT2D eigenvalue weighted by molar-refractivity contribution is -0.139. The van der Waals surface area contributed by atoms with Crippen LogP contribution in [-0.4, -0.2) is 83.2 Å². The summed E-state index contributed by atoms with van der Waals surface area (Å²) in [4.78, 5) is 22.8. The SMILES string of the molecule is C=C.C=NC=N/C(=C/C(OCCCN1CCC2(CC1)COC2)=C(\C)OC)C(C)COc1ccc(NC(=O)NC(C)C)c(Cl)c1.CC. The van der Waals surface area contributed by atoms with Crippen molar-refractivity contribution in [3.8, 4) is 5.75 Å². The van der Waals surface area contributed by atoms with E-state index in [4.69, 9.17) is 30.5 Å². The molecule has 2 fully saturated rings. The van der Waals surface area contributed by atoms with Crippen molar-refractivity contribution >= 4 is 36.4 Å². The largest absolute Gasteiger partial charge is 0.498 e. The maximum Gasteiger partial charge on any atom is 0.319 e. The van der Waals surface area contributed by atoms with E-state index in [0.717, 1.165) is 39.3 Å². The number of allylic oxidation sites excluding steroid dienone is 2. The van der Waals surface area contributed by atoms with Gasteiger partial charge in [0.2, 0.25) is 0 Å². The highest BCUT2D eigenvalue weighted by Gasteiger charge is 2.40. The number of nitrogens with zero attached hydrogens (tertiary/aromatic N) is 3. The smallest absolute Gasteiger partial charge is 0.319 e. The summed E-state index contributed by atoms with van der Waals surface area (Å²) in [5.74, 6) is 1.71. The standard InChI is InChI=1S/C31H46ClN5O5.C2H6.C2H4/c1-22(2)35-30(38)36-27-9-8-25(16-26(27)32)42-18-23(3)28(34-21-33-5)17-29(24(4)39-6)41-15-7-12-37-13-10-31(11-14-37)19-40-20-31;2*1-2/h8-9,16-17,21-23H,5,7,10-15,18-20H2,1-4,6H3,(H2,35,36,38);1-2H3;1-2H2/b28-17+,29-24-,34-21?;;. The number of anilines is 1. The molecule has 2 amide bonds. The molecular formula is C35H56ClN5O5. The first-order chi connectivity index (χ1) is 22.1. The fourth-order valence-electron chi connectivity index (χ4n) is 4.71. The van der Waals surface area contributed by atoms with Crippen molar-refractivity contribution in [3.05, 3.63) is 59.7 Å². The van der Waals surface area contributed by atoms with Crippen molar-refractivity contribution in [2.45, 2.75) is 66.8 Å². The number of urea groups is 1. The van der Waals surface area contributed by atoms with E-state index in [9.17, 15) is 4.79 Å². The van der Waals surface area contributed by atoms with E-state index in [0.29, 0.717) is 52.3 Å². The second-order valence-corrected chi connectivity index (χ2v) is 11.7. The molecule has 2 aliphatic rings. The van der Waals surface area contributed by atoms with Crippen LogP contribution in [0.15, 0.2) is 64.6 Å². The molecule has 2 heterocycles. The number of benzene rings is 1. The molecule has 2 N–H and O–H groups in total. The van der Waals surface area contributed by atoms with Crippen LogP contribution in [0.4, 0.5) is 10.5 Å². The Bertz CT molecular complexity index is 1160. The van der Waals surface area contributed by atoms with Gasteiger partial charge in [-0.2, -0.15) is 0 Å². The monoisotopic (exact) mass is 661 g/mol. The van der Waals surface area contributed by atoms with E-state index in [1.165, 1.54) is 19.2 Å². The molecule has 0 saturated carbocycles. The third-order valence-corrected chi connectivity index (χ3v) is 7.76. The average Bonchev–Trinajstić information content (AvgIpc) is 3.04. The van der Waals surface area contributed by atoms with E-state index in [1.807, 2.05) is 47.6 Å². The summed E-state index contributed by atoms with van der Waals surface area (Å²) in [5, 5.41) is 5.88. The minimum Gasteiger partial charge on any atom is -0.498 e. The van der Waals surface area contributed by atoms with Gasteiger partial charge in [0.15, 0.2) is 5.76 Å². The molecule has 1 unspecified atom stereocenters. The Balaban J connectivity index is 0.00000254. The number of amides is 2. The zero-order valence-corrected chi connectivity index (χ0v) is 29.8. The molecule has 10 nitrogen and oxygen atoms in total. The molecule has 0 aliphatic carbocycles. The summed E-state index contributed by atoms with van der Waals surface area (Å²) in [6.07, 6.45) is 6.60. The first-order valence-corrected chi connectivity index (χ1v) is 16.4. The number of likely N-dealkylation sites (tertiary alicyclic amines) is 1. The van der Waals surface area contributed by atoms with Gasteiger partial charge in [-0.3, -0.25) is 4.99 Å². The maximum absolute atomic E-state index is 12.0. The summed E-state index contributed by atoms with van der Waals surface area (Å²) in [7, 11) is 1.62. The number of carbonyl (C=O) groups excluding carboxylic acids is 1. The average molecular weight is 662 g/mol. The topological polar surface area (TPSA) is 106 Å². The van der Waals surface area contributed by atoms with E-state index >= 15 is 0 Å². The van der Waals surface area contributed by atoms with Crippen LogP contribution in [0.1, 0.15) is 60.8 Å². The van der Waals surface area contributed by atoms with Gasteiger partial charge in [0.1, 0.15) is 17.8 Å². The Morgan fingerprint density at radius 3 is 2.41 bits per heavy atom. The predicted molar refractivity (Wildman–Crippen MR) is 191 cm³/mol. The van der Waals surface area contributed by atoms with Gasteiger partial charge in [-0.1, -0.05) is 32.4 Å². The molecule has 258 valence electrons. The van der Waals surface area contributed by atoms with Gasteiger partial charge in [0.05, 0.1) is 49.9 Å². The quantitative estimate of drug-likeness (QED) is 0.0498. The maximum atomic E-state index is 12.0. The number of hydrogen-bond acceptors (Lipinski definition) is 7. The highest BCUT2D eigenvalue weighted by atomic mass is 35.5. The highest BCUT2D eigenvalue weighted by Crippen LogP contribution is 2.38. The Labute approximate surface area is 282 Å². The van der Waals surface area contributed by atoms with Crippen molar-refractivity contribution in [2.75, 3.05) is 58.5 Å². The Kier molecular flexibility index (Phi) is 19.7. The molecule has 1 aromatic rings. The van der Waals surface area contributed by atoms with Crippen LogP contribution in [0.25, 0.3) is 0 Å². The van der Waals surface area contributed by atoms with Crippen molar-refractivity contribution in [3.63, 3.8) is 0 Å². The second-order valence-electron chi connectivity index (χ2n) is 11.3. The minimum atomic E-state index is -0.320. The van der Waals surface area contributed by atoms with Crippen LogP contribution in [0.3, 0.4) is 0 Å². The zero-order chi connectivity index (χ0) is 34.5. The lowest BCUT2D eigenvalue weighted by Gasteiger charge is -2.47. The Morgan fingerprint density at radius 1 is 1.20 bits per heavy atom. The predicted octanol–water partition coefficient (Wildman–Crippen LogP) is 7.72. The molecule has 1 spiro atoms. The molecule has 0 aromatic heterocycles. The summed E-state index contributed by atoms with van der Waals surface area (Å²) in [5.41, 5.74) is 1.64. The molecule has 2 aliphatic heterocycles. The van der Waals surface area contributed by atoms with E-state index < -0.39 is 0 Å². The van der Waals surface area contributed by atoms with Crippen LogP contribution >= 0.6 is 11.6 Å². The van der Waals surface area contributed by atoms with Gasteiger partial charge in [-0.15, -0.1) is 13.2 Å². The molecular weight excluding hydrogens is 606 g/mol. The van der Waals surface area contributed by atoms with Crippen molar-refractivity contribution in [1.29, 1.82) is 0 Å². The zero-order valence-electron chi connectivity index (χ0n) is 29.0. The van der Waals surface area contributed by atoms with Crippen LogP contribution in [0.2, 0.25) is 5.02 Å². The van der Waals surface area contributed by atoms with Gasteiger partial charge >= 0.3 is 6.03 Å². The molecule has 2 saturated heterocycles. The summed E-state index contributed by atoms with van der Waals surface area (Å²) >= 11 is 6.39. The van der Waals surface area contributed by atoms with E-state index in [-0.39, 0.29) is 18.0 Å². The summed E-state index contributed by atoms with van der Waals surface area (Å²) in [6, 6.07) is 4.83. The molecule has 3 rings (SSSR count). The number of methoxy groups -OCH3 is 1. The summed E-state index contributed by atoms with van der Waals surface area (Å²) in [6.45, 7) is 27.1. The molecule has 11 heteroatoms. The first kappa shape index (κ1) is 40.7. The highest BCUT2D eigenvalue weighted by molar-refractivity contribution is 6.33. The van der Waals surface area contributed by atoms with E-state index in [2.05, 4.69) is 45.4 Å². The van der Waals surface area contributed by atoms with Crippen molar-refractivity contribution in [1.82, 2.24) is 10.2 Å². The number of nitrogens with one attached hydrogen (secondary N) is 2. The van der Waals surface area contributed by atoms with Crippen LogP contribution < -0.4 is 15.4 Å². The fourth-order valence-corrected chi connectivity index (χ4v) is 4.93. The Morgan fingerprint density at radius 2 is 1.87 bits per heavy atom. The van der Waals surface area contributed by atoms with Crippen LogP contribution in [0.5, 0.6) is 5.75 Å². The number of rotatable bonds is 15. The number of hydrogen-bond donors (Lipinski definition) is 2. The summed E-state index contributed by atoms with van der Waals surface area (Å²) < 4.78 is 23.2. The Hall–Kier alpha value is -3.34. The molecule has 1 aromatic carbocycles. The normalized spacial score (nSPS) is 16.9. The van der Waals surface area contributed by atoms with Gasteiger partial charge in [0.25, 0.3) is 0 Å². The third kappa shape index (κ3) is 14.0. The molecule has 1 atom stereocenters. The van der Waals surface area contributed by atoms with Gasteiger partial charge in [-0.25, -0.2) is 9.79 Å². The number of ether oxygens (including phenoxy) is 4. The van der Waals surface area contributed by atoms with Gasteiger partial charge in [0, 0.05) is 36.1 Å².